The number of rotatable bonds is 4. The molecule has 1 amide bonds. The van der Waals surface area contributed by atoms with Gasteiger partial charge in [0.25, 0.3) is 0 Å². The molecule has 0 N–H and O–H groups in total. The predicted octanol–water partition coefficient (Wildman–Crippen LogP) is 4.13. The zero-order valence-corrected chi connectivity index (χ0v) is 14.1. The van der Waals surface area contributed by atoms with Crippen molar-refractivity contribution < 1.29 is 13.6 Å². The lowest BCUT2D eigenvalue weighted by molar-refractivity contribution is -0.133. The monoisotopic (exact) mass is 338 g/mol. The molecule has 0 bridgehead atoms. The minimum absolute atomic E-state index is 0.105. The standard InChI is InChI=1S/C17H20F2N2OS/c1-12(23-15-10-13(18)6-7-14(15)19)16(22)21(2)17(11-20)8-4-3-5-9-17/h6-7,10,12H,3-5,8-9H2,1-2H3/t12-/m1/s1. The normalized spacial score (nSPS) is 18.0. The van der Waals surface area contributed by atoms with Crippen molar-refractivity contribution in [1.82, 2.24) is 4.90 Å². The van der Waals surface area contributed by atoms with Gasteiger partial charge in [-0.25, -0.2) is 8.78 Å². The first-order chi connectivity index (χ1) is 10.9. The zero-order valence-electron chi connectivity index (χ0n) is 13.3. The van der Waals surface area contributed by atoms with Crippen LogP contribution in [0, 0.1) is 23.0 Å². The van der Waals surface area contributed by atoms with Gasteiger partial charge in [0.05, 0.1) is 11.3 Å². The van der Waals surface area contributed by atoms with Crippen LogP contribution in [0.15, 0.2) is 23.1 Å². The molecular weight excluding hydrogens is 318 g/mol. The number of hydrogen-bond donors (Lipinski definition) is 0. The third kappa shape index (κ3) is 3.84. The highest BCUT2D eigenvalue weighted by Gasteiger charge is 2.40. The highest BCUT2D eigenvalue weighted by atomic mass is 32.2. The first kappa shape index (κ1) is 17.7. The molecule has 0 aromatic heterocycles. The summed E-state index contributed by atoms with van der Waals surface area (Å²) in [5.41, 5.74) is -0.773. The average molecular weight is 338 g/mol. The van der Waals surface area contributed by atoms with Crippen LogP contribution in [0.4, 0.5) is 8.78 Å². The summed E-state index contributed by atoms with van der Waals surface area (Å²) in [4.78, 5) is 14.3. The van der Waals surface area contributed by atoms with Gasteiger partial charge in [-0.3, -0.25) is 4.79 Å². The maximum absolute atomic E-state index is 13.7. The van der Waals surface area contributed by atoms with Crippen molar-refractivity contribution in [2.75, 3.05) is 7.05 Å². The van der Waals surface area contributed by atoms with Gasteiger partial charge in [-0.15, -0.1) is 11.8 Å². The number of amides is 1. The molecule has 124 valence electrons. The van der Waals surface area contributed by atoms with E-state index in [1.807, 2.05) is 0 Å². The lowest BCUT2D eigenvalue weighted by atomic mass is 9.81. The van der Waals surface area contributed by atoms with Gasteiger partial charge in [-0.05, 0) is 38.0 Å². The van der Waals surface area contributed by atoms with Crippen molar-refractivity contribution in [2.45, 2.75) is 54.7 Å². The number of thioether (sulfide) groups is 1. The molecule has 1 aliphatic carbocycles. The largest absolute Gasteiger partial charge is 0.326 e. The number of carbonyl (C=O) groups is 1. The molecule has 0 aliphatic heterocycles. The molecule has 0 spiro atoms. The molecule has 23 heavy (non-hydrogen) atoms. The van der Waals surface area contributed by atoms with E-state index in [0.29, 0.717) is 12.8 Å². The van der Waals surface area contributed by atoms with E-state index in [2.05, 4.69) is 6.07 Å². The topological polar surface area (TPSA) is 44.1 Å². The van der Waals surface area contributed by atoms with Crippen molar-refractivity contribution in [1.29, 1.82) is 5.26 Å². The smallest absolute Gasteiger partial charge is 0.236 e. The van der Waals surface area contributed by atoms with E-state index < -0.39 is 22.4 Å². The van der Waals surface area contributed by atoms with Crippen LogP contribution in [-0.2, 0) is 4.79 Å². The summed E-state index contributed by atoms with van der Waals surface area (Å²) in [6.45, 7) is 1.65. The number of carbonyl (C=O) groups excluding carboxylic acids is 1. The van der Waals surface area contributed by atoms with Gasteiger partial charge < -0.3 is 4.90 Å². The summed E-state index contributed by atoms with van der Waals surface area (Å²) in [6.07, 6.45) is 4.25. The van der Waals surface area contributed by atoms with E-state index in [4.69, 9.17) is 0 Å². The van der Waals surface area contributed by atoms with Crippen molar-refractivity contribution in [3.63, 3.8) is 0 Å². The molecule has 1 aromatic rings. The Morgan fingerprint density at radius 1 is 1.35 bits per heavy atom. The number of hydrogen-bond acceptors (Lipinski definition) is 3. The van der Waals surface area contributed by atoms with Crippen LogP contribution < -0.4 is 0 Å². The van der Waals surface area contributed by atoms with E-state index >= 15 is 0 Å². The second-order valence-electron chi connectivity index (χ2n) is 5.94. The van der Waals surface area contributed by atoms with Crippen LogP contribution in [0.5, 0.6) is 0 Å². The molecule has 1 saturated carbocycles. The molecular formula is C17H20F2N2OS. The van der Waals surface area contributed by atoms with Crippen LogP contribution in [0.3, 0.4) is 0 Å². The second kappa shape index (κ2) is 7.31. The molecule has 0 saturated heterocycles. The number of nitrogens with zero attached hydrogens (tertiary/aromatic N) is 2. The van der Waals surface area contributed by atoms with Gasteiger partial charge in [0.15, 0.2) is 0 Å². The van der Waals surface area contributed by atoms with E-state index in [9.17, 15) is 18.8 Å². The Bertz CT molecular complexity index is 624. The Balaban J connectivity index is 2.12. The highest BCUT2D eigenvalue weighted by Crippen LogP contribution is 2.35. The molecule has 1 fully saturated rings. The lowest BCUT2D eigenvalue weighted by Gasteiger charge is -2.40. The van der Waals surface area contributed by atoms with Gasteiger partial charge in [0.2, 0.25) is 5.91 Å². The van der Waals surface area contributed by atoms with E-state index in [1.165, 1.54) is 4.90 Å². The summed E-state index contributed by atoms with van der Waals surface area (Å²) in [6, 6.07) is 5.49. The average Bonchev–Trinajstić information content (AvgIpc) is 2.57. The summed E-state index contributed by atoms with van der Waals surface area (Å²) in [5.74, 6) is -1.32. The minimum Gasteiger partial charge on any atom is -0.326 e. The van der Waals surface area contributed by atoms with Gasteiger partial charge >= 0.3 is 0 Å². The third-order valence-electron chi connectivity index (χ3n) is 4.41. The Kier molecular flexibility index (Phi) is 5.64. The lowest BCUT2D eigenvalue weighted by Crippen LogP contribution is -2.52. The molecule has 0 heterocycles. The van der Waals surface area contributed by atoms with Gasteiger partial charge in [-0.1, -0.05) is 19.3 Å². The molecule has 0 radical (unpaired) electrons. The third-order valence-corrected chi connectivity index (χ3v) is 5.53. The fraction of sp³-hybridized carbons (Fsp3) is 0.529. The fourth-order valence-electron chi connectivity index (χ4n) is 2.95. The van der Waals surface area contributed by atoms with Gasteiger partial charge in [0.1, 0.15) is 17.2 Å². The van der Waals surface area contributed by atoms with Crippen LogP contribution in [0.2, 0.25) is 0 Å². The Labute approximate surface area is 139 Å². The zero-order chi connectivity index (χ0) is 17.0. The molecule has 1 atom stereocenters. The number of halogens is 2. The molecule has 0 unspecified atom stereocenters. The second-order valence-corrected chi connectivity index (χ2v) is 7.32. The first-order valence-corrected chi connectivity index (χ1v) is 8.58. The summed E-state index contributed by atoms with van der Waals surface area (Å²) in [7, 11) is 1.63. The maximum atomic E-state index is 13.7. The van der Waals surface area contributed by atoms with E-state index in [-0.39, 0.29) is 10.8 Å². The number of nitriles is 1. The fourth-order valence-corrected chi connectivity index (χ4v) is 3.95. The van der Waals surface area contributed by atoms with E-state index in [0.717, 1.165) is 49.2 Å². The van der Waals surface area contributed by atoms with E-state index in [1.54, 1.807) is 14.0 Å². The van der Waals surface area contributed by atoms with Crippen LogP contribution in [0.1, 0.15) is 39.0 Å². The summed E-state index contributed by atoms with van der Waals surface area (Å²) in [5, 5.41) is 8.96. The molecule has 1 aliphatic rings. The predicted molar refractivity (Wildman–Crippen MR) is 85.9 cm³/mol. The van der Waals surface area contributed by atoms with Crippen LogP contribution in [-0.4, -0.2) is 28.6 Å². The van der Waals surface area contributed by atoms with Gasteiger partial charge in [0, 0.05) is 11.9 Å². The molecule has 1 aromatic carbocycles. The van der Waals surface area contributed by atoms with Crippen molar-refractivity contribution in [3.05, 3.63) is 29.8 Å². The Morgan fingerprint density at radius 3 is 2.61 bits per heavy atom. The maximum Gasteiger partial charge on any atom is 0.236 e. The quantitative estimate of drug-likeness (QED) is 0.775. The first-order valence-electron chi connectivity index (χ1n) is 7.70. The van der Waals surface area contributed by atoms with Crippen LogP contribution in [0.25, 0.3) is 0 Å². The highest BCUT2D eigenvalue weighted by molar-refractivity contribution is 8.00. The van der Waals surface area contributed by atoms with Gasteiger partial charge in [-0.2, -0.15) is 5.26 Å². The van der Waals surface area contributed by atoms with Crippen LogP contribution >= 0.6 is 11.8 Å². The minimum atomic E-state index is -0.773. The summed E-state index contributed by atoms with van der Waals surface area (Å²) >= 11 is 0.978. The Morgan fingerprint density at radius 2 is 2.00 bits per heavy atom. The van der Waals surface area contributed by atoms with Crippen molar-refractivity contribution >= 4 is 17.7 Å². The molecule has 2 rings (SSSR count). The SMILES string of the molecule is C[C@@H](Sc1cc(F)ccc1F)C(=O)N(C)C1(C#N)CCCCC1. The summed E-state index contributed by atoms with van der Waals surface area (Å²) < 4.78 is 27.0. The molecule has 6 heteroatoms. The van der Waals surface area contributed by atoms with Crippen molar-refractivity contribution in [2.24, 2.45) is 0 Å². The van der Waals surface area contributed by atoms with Crippen molar-refractivity contribution in [3.8, 4) is 6.07 Å². The Hall–Kier alpha value is -1.61. The number of benzene rings is 1. The molecule has 3 nitrogen and oxygen atoms in total.